The van der Waals surface area contributed by atoms with Crippen LogP contribution in [0.15, 0.2) is 158 Å². The van der Waals surface area contributed by atoms with Crippen LogP contribution in [0.3, 0.4) is 0 Å². The first-order valence-corrected chi connectivity index (χ1v) is 42.2. The molecule has 2 heterocycles. The van der Waals surface area contributed by atoms with Gasteiger partial charge in [-0.15, -0.1) is 0 Å². The fourth-order valence-corrected chi connectivity index (χ4v) is 12.9. The average Bonchev–Trinajstić information content (AvgIpc) is 0.769. The summed E-state index contributed by atoms with van der Waals surface area (Å²) in [6.07, 6.45) is 94.6. The van der Waals surface area contributed by atoms with E-state index in [0.717, 1.165) is 122 Å². The van der Waals surface area contributed by atoms with Crippen LogP contribution in [-0.4, -0.2) is 140 Å². The summed E-state index contributed by atoms with van der Waals surface area (Å²) in [5.41, 5.74) is 0. The van der Waals surface area contributed by atoms with Gasteiger partial charge in [-0.25, -0.2) is 0 Å². The molecule has 2 aliphatic rings. The van der Waals surface area contributed by atoms with Crippen molar-refractivity contribution in [3.05, 3.63) is 158 Å². The summed E-state index contributed by atoms with van der Waals surface area (Å²) in [4.78, 5) is 13.4. The molecule has 2 rings (SSSR count). The zero-order valence-corrected chi connectivity index (χ0v) is 65.9. The van der Waals surface area contributed by atoms with Gasteiger partial charge in [0.1, 0.15) is 48.8 Å². The minimum atomic E-state index is -1.80. The lowest BCUT2D eigenvalue weighted by Gasteiger charge is -2.46. The molecule has 0 aromatic carbocycles. The van der Waals surface area contributed by atoms with Crippen LogP contribution in [0.1, 0.15) is 316 Å². The lowest BCUT2D eigenvalue weighted by atomic mass is 9.97. The normalized spacial score (nSPS) is 22.2. The molecular weight excluding hydrogens is 1310 g/mol. The maximum Gasteiger partial charge on any atom is 0.220 e. The summed E-state index contributed by atoms with van der Waals surface area (Å²) >= 11 is 0. The highest BCUT2D eigenvalue weighted by Gasteiger charge is 2.51. The fraction of sp³-hybridized carbons (Fsp3) is 0.703. The molecule has 0 aliphatic carbocycles. The molecule has 12 atom stereocenters. The standard InChI is InChI=1S/C91H153NO13/c1-3-5-7-9-11-13-15-17-19-21-23-25-27-29-31-33-35-36-37-38-39-40-41-42-43-44-45-47-49-51-53-55-57-59-61-63-65-67-69-71-73-75-83(96)92-79(78-102-90-88(101)86(99)89(82(77-94)104-90)105-91-87(100)85(98)84(97)81(76-93)103-91)80(95)74-72-70-68-66-64-62-60-58-56-54-52-50-48-46-34-32-30-28-26-24-22-20-18-16-14-12-10-8-6-4-2/h5,7,11,13,17,19,23,25,29,31,35-36,38-39,41-42,44-45,49,51,55,57,61,63,72,74,79-82,84-91,93-95,97-101H,3-4,6,8-10,12,14-16,18,20-22,24,26-28,30,32-34,37,40,43,46-48,50,52-54,56,58-60,62,64-71,73,75-78H2,1-2H3,(H,92,96)/b7-5-,13-11-,19-17-,25-23-,31-29-,36-35-,39-38-,42-41-,45-44-,51-49-,57-55-,63-61-,74-72+. The molecule has 0 spiro atoms. The van der Waals surface area contributed by atoms with E-state index in [0.29, 0.717) is 6.42 Å². The van der Waals surface area contributed by atoms with Crippen molar-refractivity contribution in [2.75, 3.05) is 19.8 Å². The Bertz CT molecular complexity index is 2380. The Morgan fingerprint density at radius 1 is 0.352 bits per heavy atom. The van der Waals surface area contributed by atoms with Crippen LogP contribution in [-0.2, 0) is 23.7 Å². The quantitative estimate of drug-likeness (QED) is 0.0204. The predicted octanol–water partition coefficient (Wildman–Crippen LogP) is 20.1. The van der Waals surface area contributed by atoms with Crippen molar-refractivity contribution in [3.63, 3.8) is 0 Å². The summed E-state index contributed by atoms with van der Waals surface area (Å²) in [5, 5.41) is 87.7. The number of carbonyl (C=O) groups is 1. The molecule has 0 radical (unpaired) electrons. The molecule has 14 nitrogen and oxygen atoms in total. The predicted molar refractivity (Wildman–Crippen MR) is 437 cm³/mol. The number of ether oxygens (including phenoxy) is 4. The Morgan fingerprint density at radius 2 is 0.657 bits per heavy atom. The number of aliphatic hydroxyl groups excluding tert-OH is 8. The van der Waals surface area contributed by atoms with Crippen LogP contribution >= 0.6 is 0 Å². The molecule has 12 unspecified atom stereocenters. The maximum atomic E-state index is 13.4. The van der Waals surface area contributed by atoms with E-state index in [4.69, 9.17) is 18.9 Å². The van der Waals surface area contributed by atoms with Crippen molar-refractivity contribution >= 4 is 5.91 Å². The maximum absolute atomic E-state index is 13.4. The van der Waals surface area contributed by atoms with Gasteiger partial charge in [0.2, 0.25) is 5.91 Å². The van der Waals surface area contributed by atoms with Gasteiger partial charge in [-0.3, -0.25) is 4.79 Å². The van der Waals surface area contributed by atoms with Crippen LogP contribution in [0.25, 0.3) is 0 Å². The van der Waals surface area contributed by atoms with Gasteiger partial charge < -0.3 is 65.1 Å². The smallest absolute Gasteiger partial charge is 0.220 e. The third-order valence-electron chi connectivity index (χ3n) is 19.5. The first-order chi connectivity index (χ1) is 51.6. The van der Waals surface area contributed by atoms with E-state index in [1.54, 1.807) is 6.08 Å². The molecule has 0 aromatic rings. The van der Waals surface area contributed by atoms with Crippen LogP contribution < -0.4 is 5.32 Å². The van der Waals surface area contributed by atoms with E-state index in [2.05, 4.69) is 165 Å². The van der Waals surface area contributed by atoms with E-state index >= 15 is 0 Å². The monoisotopic (exact) mass is 1470 g/mol. The molecular formula is C91H153NO13. The van der Waals surface area contributed by atoms with Gasteiger partial charge in [-0.05, 0) is 109 Å². The minimum absolute atomic E-state index is 0.242. The van der Waals surface area contributed by atoms with Gasteiger partial charge >= 0.3 is 0 Å². The number of hydrogen-bond donors (Lipinski definition) is 9. The third-order valence-corrected chi connectivity index (χ3v) is 19.5. The molecule has 0 bridgehead atoms. The number of rotatable bonds is 69. The average molecular weight is 1470 g/mol. The highest BCUT2D eigenvalue weighted by atomic mass is 16.7. The Balaban J connectivity index is 1.64. The number of carbonyl (C=O) groups excluding carboxylic acids is 1. The fourth-order valence-electron chi connectivity index (χ4n) is 12.9. The Morgan fingerprint density at radius 3 is 1.01 bits per heavy atom. The number of nitrogens with one attached hydrogen (secondary N) is 1. The second kappa shape index (κ2) is 72.5. The molecule has 1 amide bonds. The Labute approximate surface area is 639 Å². The molecule has 2 saturated heterocycles. The second-order valence-electron chi connectivity index (χ2n) is 28.9. The zero-order valence-electron chi connectivity index (χ0n) is 65.9. The summed E-state index contributed by atoms with van der Waals surface area (Å²) in [6.45, 7) is 2.69. The lowest BCUT2D eigenvalue weighted by molar-refractivity contribution is -0.359. The van der Waals surface area contributed by atoms with Crippen molar-refractivity contribution in [1.29, 1.82) is 0 Å². The van der Waals surface area contributed by atoms with Gasteiger partial charge in [-0.1, -0.05) is 358 Å². The zero-order chi connectivity index (χ0) is 75.8. The molecule has 14 heteroatoms. The Hall–Kier alpha value is -4.39. The molecule has 9 N–H and O–H groups in total. The molecule has 2 fully saturated rings. The van der Waals surface area contributed by atoms with Gasteiger partial charge in [0.15, 0.2) is 12.6 Å². The highest BCUT2D eigenvalue weighted by molar-refractivity contribution is 5.76. The van der Waals surface area contributed by atoms with E-state index in [-0.39, 0.29) is 18.9 Å². The van der Waals surface area contributed by atoms with Crippen LogP contribution in [0.5, 0.6) is 0 Å². The van der Waals surface area contributed by atoms with E-state index < -0.39 is 86.8 Å². The molecule has 0 saturated carbocycles. The van der Waals surface area contributed by atoms with Crippen molar-refractivity contribution < 1.29 is 64.6 Å². The SMILES string of the molecule is CC/C=C\C/C=C\C/C=C\C/C=C\C/C=C\C/C=C\C/C=C\C/C=C\C/C=C\C/C=C\C/C=C\C/C=C\CCCCCCC(=O)NC(COC1OC(CO)C(OC2OC(CO)C(O)C(O)C2O)C(O)C1O)C(O)/C=C/CCCCCCCCCCCCCCCCCCCCCCCCCCCCCC. The van der Waals surface area contributed by atoms with Crippen LogP contribution in [0.4, 0.5) is 0 Å². The number of allylic oxidation sites excluding steroid dienone is 25. The topological polar surface area (TPSA) is 228 Å². The van der Waals surface area contributed by atoms with Crippen molar-refractivity contribution in [1.82, 2.24) is 5.32 Å². The third kappa shape index (κ3) is 54.8. The van der Waals surface area contributed by atoms with Gasteiger partial charge in [0.25, 0.3) is 0 Å². The number of hydrogen-bond acceptors (Lipinski definition) is 13. The molecule has 600 valence electrons. The van der Waals surface area contributed by atoms with E-state index in [1.807, 2.05) is 6.08 Å². The minimum Gasteiger partial charge on any atom is -0.394 e. The largest absolute Gasteiger partial charge is 0.394 e. The summed E-state index contributed by atoms with van der Waals surface area (Å²) < 4.78 is 22.9. The highest BCUT2D eigenvalue weighted by Crippen LogP contribution is 2.30. The van der Waals surface area contributed by atoms with Gasteiger partial charge in [0, 0.05) is 6.42 Å². The lowest BCUT2D eigenvalue weighted by Crippen LogP contribution is -2.65. The first-order valence-electron chi connectivity index (χ1n) is 42.2. The molecule has 105 heavy (non-hydrogen) atoms. The second-order valence-corrected chi connectivity index (χ2v) is 28.9. The summed E-state index contributed by atoms with van der Waals surface area (Å²) in [7, 11) is 0. The summed E-state index contributed by atoms with van der Waals surface area (Å²) in [5.74, 6) is -0.266. The van der Waals surface area contributed by atoms with Crippen LogP contribution in [0.2, 0.25) is 0 Å². The van der Waals surface area contributed by atoms with E-state index in [1.165, 1.54) is 167 Å². The molecule has 0 aromatic heterocycles. The van der Waals surface area contributed by atoms with Gasteiger partial charge in [-0.2, -0.15) is 0 Å². The molecule has 2 aliphatic heterocycles. The van der Waals surface area contributed by atoms with Crippen molar-refractivity contribution in [2.24, 2.45) is 0 Å². The van der Waals surface area contributed by atoms with Crippen LogP contribution in [0, 0.1) is 0 Å². The van der Waals surface area contributed by atoms with Crippen molar-refractivity contribution in [3.8, 4) is 0 Å². The Kier molecular flexibility index (Phi) is 66.7. The van der Waals surface area contributed by atoms with Gasteiger partial charge in [0.05, 0.1) is 32.0 Å². The number of amides is 1. The first kappa shape index (κ1) is 96.7. The summed E-state index contributed by atoms with van der Waals surface area (Å²) in [6, 6.07) is -0.943. The number of unbranched alkanes of at least 4 members (excludes halogenated alkanes) is 32. The van der Waals surface area contributed by atoms with Crippen molar-refractivity contribution in [2.45, 2.75) is 389 Å². The number of aliphatic hydroxyl groups is 8. The van der Waals surface area contributed by atoms with E-state index in [9.17, 15) is 45.6 Å².